The minimum Gasteiger partial charge on any atom is -0.478 e. The number of hydrogen-bond donors (Lipinski definition) is 1. The number of alkyl halides is 3. The topological polar surface area (TPSA) is 46.5 Å². The minimum absolute atomic E-state index is 0.0354. The van der Waals surface area contributed by atoms with Gasteiger partial charge in [0, 0.05) is 5.56 Å². The van der Waals surface area contributed by atoms with Crippen molar-refractivity contribution in [1.29, 1.82) is 0 Å². The molecule has 0 amide bonds. The first kappa shape index (κ1) is 18.4. The lowest BCUT2D eigenvalue weighted by atomic mass is 9.96. The normalized spacial score (nSPS) is 23.7. The Balaban J connectivity index is 2.69. The standard InChI is InChI=1S/C12H8F8O3S/c1-6-4-8(24(16,17,18,19)20)5-7-2-3-11(10(21)22,12(13,14)15)23-9(6)7/h2-5H,1H3,(H,21,22). The van der Waals surface area contributed by atoms with Gasteiger partial charge in [0.05, 0.1) is 0 Å². The Bertz CT molecular complexity index is 765. The molecule has 1 aliphatic rings. The summed E-state index contributed by atoms with van der Waals surface area (Å²) in [7, 11) is -10.1. The van der Waals surface area contributed by atoms with Crippen LogP contribution in [0.5, 0.6) is 5.75 Å². The molecule has 0 aromatic heterocycles. The van der Waals surface area contributed by atoms with Gasteiger partial charge in [0.15, 0.2) is 0 Å². The zero-order chi connectivity index (χ0) is 18.8. The number of aryl methyl sites for hydroxylation is 1. The van der Waals surface area contributed by atoms with Crippen LogP contribution in [0.15, 0.2) is 23.1 Å². The van der Waals surface area contributed by atoms with Crippen LogP contribution < -0.4 is 4.74 Å². The molecule has 1 aliphatic heterocycles. The monoisotopic (exact) mass is 384 g/mol. The lowest BCUT2D eigenvalue weighted by molar-refractivity contribution is -0.235. The second-order valence-corrected chi connectivity index (χ2v) is 7.51. The fourth-order valence-electron chi connectivity index (χ4n) is 2.04. The highest BCUT2D eigenvalue weighted by Crippen LogP contribution is 3.02. The maximum absolute atomic E-state index is 13.0. The van der Waals surface area contributed by atoms with E-state index in [4.69, 9.17) is 5.11 Å². The van der Waals surface area contributed by atoms with Crippen LogP contribution >= 0.6 is 10.2 Å². The van der Waals surface area contributed by atoms with Crippen molar-refractivity contribution in [3.8, 4) is 5.75 Å². The highest BCUT2D eigenvalue weighted by atomic mass is 32.5. The Hall–Kier alpha value is -1.98. The highest BCUT2D eigenvalue weighted by Gasteiger charge is 2.66. The van der Waals surface area contributed by atoms with E-state index in [-0.39, 0.29) is 18.2 Å². The summed E-state index contributed by atoms with van der Waals surface area (Å²) in [4.78, 5) is 8.67. The van der Waals surface area contributed by atoms with Crippen molar-refractivity contribution in [1.82, 2.24) is 0 Å². The molecular weight excluding hydrogens is 376 g/mol. The zero-order valence-electron chi connectivity index (χ0n) is 11.5. The van der Waals surface area contributed by atoms with E-state index in [1.54, 1.807) is 0 Å². The average Bonchev–Trinajstić information content (AvgIpc) is 2.33. The molecule has 1 N–H and O–H groups in total. The van der Waals surface area contributed by atoms with Gasteiger partial charge in [-0.2, -0.15) is 13.2 Å². The summed E-state index contributed by atoms with van der Waals surface area (Å²) in [6.45, 7) is 0.800. The third-order valence-electron chi connectivity index (χ3n) is 3.22. The van der Waals surface area contributed by atoms with E-state index in [0.717, 1.165) is 6.92 Å². The van der Waals surface area contributed by atoms with Gasteiger partial charge in [-0.25, -0.2) is 4.79 Å². The van der Waals surface area contributed by atoms with Crippen molar-refractivity contribution < 1.29 is 47.2 Å². The Morgan fingerprint density at radius 2 is 1.71 bits per heavy atom. The second kappa shape index (κ2) is 4.16. The number of rotatable bonds is 2. The molecule has 2 rings (SSSR count). The zero-order valence-corrected chi connectivity index (χ0v) is 12.3. The first-order chi connectivity index (χ1) is 10.4. The number of carbonyl (C=O) groups is 1. The Labute approximate surface area is 129 Å². The molecule has 136 valence electrons. The summed E-state index contributed by atoms with van der Waals surface area (Å²) in [5.41, 5.74) is -5.27. The van der Waals surface area contributed by atoms with Gasteiger partial charge in [0.25, 0.3) is 0 Å². The average molecular weight is 384 g/mol. The Kier molecular flexibility index (Phi) is 3.18. The number of halogens is 8. The number of carboxylic acid groups (broad SMARTS) is 1. The van der Waals surface area contributed by atoms with E-state index in [1.807, 2.05) is 0 Å². The predicted molar refractivity (Wildman–Crippen MR) is 68.7 cm³/mol. The summed E-state index contributed by atoms with van der Waals surface area (Å²) in [5.74, 6) is -3.32. The molecule has 1 heterocycles. The molecule has 1 aromatic carbocycles. The number of hydrogen-bond acceptors (Lipinski definition) is 2. The second-order valence-electron chi connectivity index (χ2n) is 5.10. The Morgan fingerprint density at radius 3 is 2.12 bits per heavy atom. The summed E-state index contributed by atoms with van der Waals surface area (Å²) >= 11 is 0. The number of aliphatic carboxylic acids is 1. The van der Waals surface area contributed by atoms with Crippen LogP contribution in [-0.2, 0) is 4.79 Å². The van der Waals surface area contributed by atoms with E-state index >= 15 is 0 Å². The van der Waals surface area contributed by atoms with E-state index in [0.29, 0.717) is 6.08 Å². The summed E-state index contributed by atoms with van der Waals surface area (Å²) in [6, 6.07) is -0.162. The van der Waals surface area contributed by atoms with Crippen LogP contribution in [0.3, 0.4) is 0 Å². The molecule has 12 heteroatoms. The van der Waals surface area contributed by atoms with E-state index in [9.17, 15) is 37.4 Å². The van der Waals surface area contributed by atoms with Crippen LogP contribution in [0.1, 0.15) is 11.1 Å². The lowest BCUT2D eigenvalue weighted by Gasteiger charge is -2.41. The lowest BCUT2D eigenvalue weighted by Crippen LogP contribution is -2.56. The van der Waals surface area contributed by atoms with Crippen LogP contribution in [0.25, 0.3) is 6.08 Å². The van der Waals surface area contributed by atoms with E-state index in [2.05, 4.69) is 4.74 Å². The summed E-state index contributed by atoms with van der Waals surface area (Å²) in [5, 5.41) is 8.82. The van der Waals surface area contributed by atoms with Crippen molar-refractivity contribution in [2.24, 2.45) is 0 Å². The maximum atomic E-state index is 13.0. The maximum Gasteiger partial charge on any atom is 0.443 e. The molecule has 0 saturated heterocycles. The van der Waals surface area contributed by atoms with Crippen molar-refractivity contribution in [2.45, 2.75) is 23.6 Å². The van der Waals surface area contributed by atoms with Crippen LogP contribution in [0.4, 0.5) is 32.6 Å². The SMILES string of the molecule is Cc1cc(S(F)(F)(F)(F)F)cc2c1OC(C(=O)O)(C(F)(F)F)C=C2. The number of ether oxygens (including phenoxy) is 1. The van der Waals surface area contributed by atoms with E-state index in [1.165, 1.54) is 0 Å². The molecule has 1 atom stereocenters. The van der Waals surface area contributed by atoms with Gasteiger partial charge < -0.3 is 9.84 Å². The smallest absolute Gasteiger partial charge is 0.443 e. The van der Waals surface area contributed by atoms with E-state index < -0.39 is 49.7 Å². The quantitative estimate of drug-likeness (QED) is 0.691. The fraction of sp³-hybridized carbons (Fsp3) is 0.250. The van der Waals surface area contributed by atoms with Crippen LogP contribution in [-0.4, -0.2) is 22.9 Å². The van der Waals surface area contributed by atoms with Crippen molar-refractivity contribution in [3.05, 3.63) is 29.3 Å². The molecule has 0 fully saturated rings. The number of carboxylic acids is 1. The number of fused-ring (bicyclic) bond motifs is 1. The van der Waals surface area contributed by atoms with Crippen LogP contribution in [0.2, 0.25) is 0 Å². The van der Waals surface area contributed by atoms with Gasteiger partial charge in [-0.15, -0.1) is 0 Å². The largest absolute Gasteiger partial charge is 0.478 e. The molecule has 0 saturated carbocycles. The van der Waals surface area contributed by atoms with Crippen LogP contribution in [0, 0.1) is 6.92 Å². The molecule has 1 aromatic rings. The molecule has 3 nitrogen and oxygen atoms in total. The third kappa shape index (κ3) is 2.89. The van der Waals surface area contributed by atoms with Gasteiger partial charge >= 0.3 is 28.0 Å². The van der Waals surface area contributed by atoms with Crippen molar-refractivity contribution >= 4 is 22.3 Å². The van der Waals surface area contributed by atoms with Gasteiger partial charge in [-0.1, -0.05) is 25.5 Å². The molecule has 0 bridgehead atoms. The highest BCUT2D eigenvalue weighted by molar-refractivity contribution is 8.45. The molecule has 0 radical (unpaired) electrons. The van der Waals surface area contributed by atoms with Crippen molar-refractivity contribution in [3.63, 3.8) is 0 Å². The fourth-order valence-corrected chi connectivity index (χ4v) is 2.79. The van der Waals surface area contributed by atoms with Gasteiger partial charge in [0.2, 0.25) is 0 Å². The number of benzene rings is 1. The molecular formula is C12H8F8O3S. The first-order valence-electron chi connectivity index (χ1n) is 5.94. The molecule has 0 aliphatic carbocycles. The Morgan fingerprint density at radius 1 is 1.17 bits per heavy atom. The van der Waals surface area contributed by atoms with Gasteiger partial charge in [-0.3, -0.25) is 0 Å². The summed E-state index contributed by atoms with van der Waals surface area (Å²) in [6.07, 6.45) is -5.11. The molecule has 1 unspecified atom stereocenters. The molecule has 0 spiro atoms. The van der Waals surface area contributed by atoms with Gasteiger partial charge in [-0.05, 0) is 30.7 Å². The summed E-state index contributed by atoms with van der Waals surface area (Å²) < 4.78 is 108. The predicted octanol–water partition coefficient (Wildman–Crippen LogP) is 5.44. The first-order valence-corrected chi connectivity index (χ1v) is 7.90. The minimum atomic E-state index is -10.1. The van der Waals surface area contributed by atoms with Crippen molar-refractivity contribution in [2.75, 3.05) is 0 Å². The van der Waals surface area contributed by atoms with Gasteiger partial charge in [0.1, 0.15) is 10.6 Å². The molecule has 24 heavy (non-hydrogen) atoms. The third-order valence-corrected chi connectivity index (χ3v) is 4.35.